The van der Waals surface area contributed by atoms with Crippen LogP contribution in [-0.4, -0.2) is 41.6 Å². The number of aromatic nitrogens is 1. The monoisotopic (exact) mass is 595 g/mol. The molecular weight excluding hydrogens is 558 g/mol. The number of nitrogens with zero attached hydrogens (tertiary/aromatic N) is 1. The lowest BCUT2D eigenvalue weighted by Gasteiger charge is -2.23. The Morgan fingerprint density at radius 1 is 0.727 bits per heavy atom. The Kier molecular flexibility index (Phi) is 11.8. The fourth-order valence-corrected chi connectivity index (χ4v) is 4.44. The first-order valence-corrected chi connectivity index (χ1v) is 14.4. The maximum Gasteiger partial charge on any atom is 0.414 e. The molecule has 0 fully saturated rings. The highest BCUT2D eigenvalue weighted by molar-refractivity contribution is 5.91. The molecule has 0 bridgehead atoms. The molecule has 4 rings (SSSR count). The Hall–Kier alpha value is -5.22. The topological polar surface area (TPSA) is 145 Å². The number of nitrogens with two attached hydrogens (primary N) is 1. The van der Waals surface area contributed by atoms with Gasteiger partial charge in [0.1, 0.15) is 17.8 Å². The second-order valence-electron chi connectivity index (χ2n) is 10.0. The molecule has 228 valence electrons. The Balaban J connectivity index is 1.51. The van der Waals surface area contributed by atoms with E-state index in [4.69, 9.17) is 15.2 Å². The second kappa shape index (κ2) is 16.4. The van der Waals surface area contributed by atoms with Crippen LogP contribution in [0.4, 0.5) is 4.79 Å². The van der Waals surface area contributed by atoms with Crippen LogP contribution >= 0.6 is 0 Å². The molecule has 0 radical (unpaired) electrons. The summed E-state index contributed by atoms with van der Waals surface area (Å²) in [6.07, 6.45) is 1.04. The van der Waals surface area contributed by atoms with Crippen LogP contribution in [0.1, 0.15) is 29.2 Å². The highest BCUT2D eigenvalue weighted by atomic mass is 16.6. The third kappa shape index (κ3) is 9.95. The molecule has 0 saturated carbocycles. The average molecular weight is 596 g/mol. The van der Waals surface area contributed by atoms with E-state index in [1.807, 2.05) is 73.7 Å². The first kappa shape index (κ1) is 31.7. The fraction of sp³-hybridized carbons (Fsp3) is 0.235. The molecule has 10 heteroatoms. The molecule has 5 N–H and O–H groups in total. The minimum atomic E-state index is -1.06. The molecule has 1 heterocycles. The largest absolute Gasteiger partial charge is 0.494 e. The number of amides is 3. The van der Waals surface area contributed by atoms with Gasteiger partial charge in [-0.1, -0.05) is 72.8 Å². The van der Waals surface area contributed by atoms with Gasteiger partial charge in [-0.3, -0.25) is 9.59 Å². The summed E-state index contributed by atoms with van der Waals surface area (Å²) in [5.41, 5.74) is 9.21. The zero-order valence-corrected chi connectivity index (χ0v) is 24.6. The Morgan fingerprint density at radius 3 is 1.98 bits per heavy atom. The van der Waals surface area contributed by atoms with E-state index in [9.17, 15) is 14.4 Å². The van der Waals surface area contributed by atoms with Crippen molar-refractivity contribution >= 4 is 17.9 Å². The van der Waals surface area contributed by atoms with E-state index >= 15 is 0 Å². The normalized spacial score (nSPS) is 12.0. The Bertz CT molecular complexity index is 1480. The number of nitrogens with one attached hydrogen (secondary N) is 3. The number of rotatable bonds is 14. The molecule has 1 aromatic heterocycles. The van der Waals surface area contributed by atoms with Gasteiger partial charge in [0, 0.05) is 38.2 Å². The van der Waals surface area contributed by atoms with Gasteiger partial charge in [0.05, 0.1) is 6.61 Å². The first-order chi connectivity index (χ1) is 21.4. The zero-order valence-electron chi connectivity index (χ0n) is 24.6. The van der Waals surface area contributed by atoms with Crippen molar-refractivity contribution in [3.8, 4) is 11.6 Å². The van der Waals surface area contributed by atoms with Gasteiger partial charge in [-0.25, -0.2) is 9.78 Å². The van der Waals surface area contributed by atoms with Gasteiger partial charge in [-0.2, -0.15) is 0 Å². The summed E-state index contributed by atoms with van der Waals surface area (Å²) in [5.74, 6) is -0.121. The quantitative estimate of drug-likeness (QED) is 0.174. The van der Waals surface area contributed by atoms with E-state index in [0.717, 1.165) is 22.3 Å². The van der Waals surface area contributed by atoms with Crippen molar-refractivity contribution in [2.45, 2.75) is 44.9 Å². The summed E-state index contributed by atoms with van der Waals surface area (Å²) in [6.45, 7) is 3.12. The van der Waals surface area contributed by atoms with Crippen LogP contribution in [0.2, 0.25) is 0 Å². The number of hydrogen-bond acceptors (Lipinski definition) is 7. The van der Waals surface area contributed by atoms with Crippen molar-refractivity contribution in [2.75, 3.05) is 6.61 Å². The van der Waals surface area contributed by atoms with Crippen molar-refractivity contribution in [1.82, 2.24) is 20.9 Å². The van der Waals surface area contributed by atoms with Gasteiger partial charge < -0.3 is 31.2 Å². The van der Waals surface area contributed by atoms with E-state index in [-0.39, 0.29) is 31.2 Å². The zero-order chi connectivity index (χ0) is 31.1. The number of hydrogen-bond donors (Lipinski definition) is 4. The molecule has 10 nitrogen and oxygen atoms in total. The molecule has 3 aromatic carbocycles. The summed E-state index contributed by atoms with van der Waals surface area (Å²) in [4.78, 5) is 44.0. The summed E-state index contributed by atoms with van der Waals surface area (Å²) in [7, 11) is 0. The summed E-state index contributed by atoms with van der Waals surface area (Å²) < 4.78 is 10.8. The van der Waals surface area contributed by atoms with Gasteiger partial charge in [0.2, 0.25) is 17.7 Å². The number of ether oxygens (including phenoxy) is 2. The highest BCUT2D eigenvalue weighted by Crippen LogP contribution is 2.15. The maximum absolute atomic E-state index is 13.7. The number of pyridine rings is 1. The minimum Gasteiger partial charge on any atom is -0.494 e. The molecule has 2 atom stereocenters. The Labute approximate surface area is 257 Å². The summed E-state index contributed by atoms with van der Waals surface area (Å²) in [5, 5.41) is 8.43. The van der Waals surface area contributed by atoms with Crippen LogP contribution < -0.4 is 31.2 Å². The third-order valence-electron chi connectivity index (χ3n) is 6.76. The molecule has 0 aliphatic carbocycles. The van der Waals surface area contributed by atoms with Crippen molar-refractivity contribution < 1.29 is 23.9 Å². The van der Waals surface area contributed by atoms with Crippen molar-refractivity contribution in [2.24, 2.45) is 5.73 Å². The number of carbonyl (C=O) groups is 3. The molecule has 3 amide bonds. The molecule has 0 spiro atoms. The average Bonchev–Trinajstić information content (AvgIpc) is 3.05. The smallest absolute Gasteiger partial charge is 0.414 e. The lowest BCUT2D eigenvalue weighted by molar-refractivity contribution is -0.130. The van der Waals surface area contributed by atoms with Gasteiger partial charge in [0.15, 0.2) is 0 Å². The van der Waals surface area contributed by atoms with E-state index in [1.165, 1.54) is 12.3 Å². The van der Waals surface area contributed by atoms with Gasteiger partial charge in [-0.15, -0.1) is 0 Å². The molecule has 4 aromatic rings. The van der Waals surface area contributed by atoms with E-state index < -0.39 is 24.1 Å². The maximum atomic E-state index is 13.7. The van der Waals surface area contributed by atoms with Gasteiger partial charge >= 0.3 is 6.09 Å². The second-order valence-corrected chi connectivity index (χ2v) is 10.0. The van der Waals surface area contributed by atoms with Crippen LogP contribution in [0, 0.1) is 0 Å². The standard InChI is InChI=1S/C34H37N5O5/c1-2-43-28-17-15-25(16-18-28)21-30(39-34(42)44-31-10-6-7-19-36-31)33(41)38-29(20-24-8-4-3-5-9-24)32(40)37-23-27-13-11-26(22-35)12-14-27/h3-19,29-30H,2,20-23,35H2,1H3,(H,37,40)(H,38,41)(H,39,42)/t29-,30+/m0/s1. The SMILES string of the molecule is CCOc1ccc(C[C@@H](NC(=O)Oc2ccccn2)C(=O)N[C@@H](Cc2ccccc2)C(=O)NCc2ccc(CN)cc2)cc1. The fourth-order valence-electron chi connectivity index (χ4n) is 4.44. The van der Waals surface area contributed by atoms with E-state index in [2.05, 4.69) is 20.9 Å². The first-order valence-electron chi connectivity index (χ1n) is 14.4. The molecule has 44 heavy (non-hydrogen) atoms. The van der Waals surface area contributed by atoms with Crippen molar-refractivity contribution in [3.63, 3.8) is 0 Å². The van der Waals surface area contributed by atoms with Gasteiger partial charge in [-0.05, 0) is 47.4 Å². The summed E-state index contributed by atoms with van der Waals surface area (Å²) in [6, 6.07) is 27.2. The Morgan fingerprint density at radius 2 is 1.34 bits per heavy atom. The third-order valence-corrected chi connectivity index (χ3v) is 6.76. The van der Waals surface area contributed by atoms with Crippen LogP contribution in [0.5, 0.6) is 11.6 Å². The highest BCUT2D eigenvalue weighted by Gasteiger charge is 2.28. The molecular formula is C34H37N5O5. The predicted octanol–water partition coefficient (Wildman–Crippen LogP) is 3.68. The summed E-state index contributed by atoms with van der Waals surface area (Å²) >= 11 is 0. The minimum absolute atomic E-state index is 0.0889. The van der Waals surface area contributed by atoms with Crippen LogP contribution in [0.15, 0.2) is 103 Å². The van der Waals surface area contributed by atoms with Crippen LogP contribution in [0.3, 0.4) is 0 Å². The molecule has 0 aliphatic heterocycles. The lowest BCUT2D eigenvalue weighted by atomic mass is 10.0. The number of benzene rings is 3. The van der Waals surface area contributed by atoms with Gasteiger partial charge in [0.25, 0.3) is 0 Å². The van der Waals surface area contributed by atoms with E-state index in [1.54, 1.807) is 24.3 Å². The predicted molar refractivity (Wildman–Crippen MR) is 167 cm³/mol. The molecule has 0 saturated heterocycles. The molecule has 0 aliphatic rings. The molecule has 0 unspecified atom stereocenters. The van der Waals surface area contributed by atoms with Crippen LogP contribution in [-0.2, 0) is 35.5 Å². The van der Waals surface area contributed by atoms with Crippen LogP contribution in [0.25, 0.3) is 0 Å². The van der Waals surface area contributed by atoms with Crippen molar-refractivity contribution in [3.05, 3.63) is 126 Å². The van der Waals surface area contributed by atoms with E-state index in [0.29, 0.717) is 18.9 Å². The number of carbonyl (C=O) groups excluding carboxylic acids is 3. The van der Waals surface area contributed by atoms with Crippen molar-refractivity contribution in [1.29, 1.82) is 0 Å². The lowest BCUT2D eigenvalue weighted by Crippen LogP contribution is -2.55.